The van der Waals surface area contributed by atoms with Crippen molar-refractivity contribution in [1.29, 1.82) is 0 Å². The molecular formula is C12H16N4. The predicted molar refractivity (Wildman–Crippen MR) is 63.6 cm³/mol. The van der Waals surface area contributed by atoms with Crippen LogP contribution in [-0.2, 0) is 6.42 Å². The number of rotatable bonds is 3. The summed E-state index contributed by atoms with van der Waals surface area (Å²) in [6, 6.07) is 6.26. The van der Waals surface area contributed by atoms with Crippen LogP contribution in [0.3, 0.4) is 0 Å². The van der Waals surface area contributed by atoms with Crippen LogP contribution in [0, 0.1) is 13.8 Å². The van der Waals surface area contributed by atoms with Gasteiger partial charge in [-0.1, -0.05) is 11.3 Å². The zero-order chi connectivity index (χ0) is 11.5. The Balaban J connectivity index is 2.42. The van der Waals surface area contributed by atoms with Crippen LogP contribution in [0.4, 0.5) is 0 Å². The smallest absolute Gasteiger partial charge is 0.0730 e. The zero-order valence-electron chi connectivity index (χ0n) is 9.64. The summed E-state index contributed by atoms with van der Waals surface area (Å²) in [5.41, 5.74) is 10.2. The van der Waals surface area contributed by atoms with Gasteiger partial charge in [0.1, 0.15) is 0 Å². The first-order valence-corrected chi connectivity index (χ1v) is 5.39. The van der Waals surface area contributed by atoms with Crippen molar-refractivity contribution in [1.82, 2.24) is 15.0 Å². The van der Waals surface area contributed by atoms with Gasteiger partial charge in [0.15, 0.2) is 0 Å². The van der Waals surface area contributed by atoms with Crippen molar-refractivity contribution in [3.8, 4) is 5.69 Å². The van der Waals surface area contributed by atoms with Crippen molar-refractivity contribution in [3.63, 3.8) is 0 Å². The number of nitrogens with zero attached hydrogens (tertiary/aromatic N) is 3. The quantitative estimate of drug-likeness (QED) is 0.843. The highest BCUT2D eigenvalue weighted by molar-refractivity contribution is 5.39. The van der Waals surface area contributed by atoms with E-state index in [-0.39, 0.29) is 0 Å². The lowest BCUT2D eigenvalue weighted by molar-refractivity contribution is 0.754. The highest BCUT2D eigenvalue weighted by Gasteiger charge is 2.05. The minimum Gasteiger partial charge on any atom is -0.330 e. The van der Waals surface area contributed by atoms with Crippen LogP contribution in [0.25, 0.3) is 5.69 Å². The summed E-state index contributed by atoms with van der Waals surface area (Å²) in [4.78, 5) is 0. The Morgan fingerprint density at radius 1 is 1.25 bits per heavy atom. The molecule has 0 spiro atoms. The van der Waals surface area contributed by atoms with Crippen LogP contribution in [0.15, 0.2) is 24.4 Å². The van der Waals surface area contributed by atoms with Gasteiger partial charge < -0.3 is 5.73 Å². The second-order valence-electron chi connectivity index (χ2n) is 3.94. The number of nitrogens with two attached hydrogens (primary N) is 1. The van der Waals surface area contributed by atoms with E-state index in [1.165, 1.54) is 11.1 Å². The molecule has 2 aromatic rings. The summed E-state index contributed by atoms with van der Waals surface area (Å²) in [5, 5.41) is 8.01. The Morgan fingerprint density at radius 3 is 2.75 bits per heavy atom. The molecule has 1 heterocycles. The molecule has 0 aliphatic rings. The first kappa shape index (κ1) is 10.8. The topological polar surface area (TPSA) is 56.7 Å². The zero-order valence-corrected chi connectivity index (χ0v) is 9.64. The molecule has 0 radical (unpaired) electrons. The molecule has 4 nitrogen and oxygen atoms in total. The van der Waals surface area contributed by atoms with Gasteiger partial charge >= 0.3 is 0 Å². The molecular weight excluding hydrogens is 200 g/mol. The molecule has 1 aromatic carbocycles. The maximum atomic E-state index is 5.55. The van der Waals surface area contributed by atoms with Crippen molar-refractivity contribution < 1.29 is 0 Å². The second-order valence-corrected chi connectivity index (χ2v) is 3.94. The van der Waals surface area contributed by atoms with Gasteiger partial charge in [0.25, 0.3) is 0 Å². The molecule has 1 aromatic heterocycles. The lowest BCUT2D eigenvalue weighted by Gasteiger charge is -2.07. The van der Waals surface area contributed by atoms with Crippen LogP contribution in [-0.4, -0.2) is 21.5 Å². The fourth-order valence-corrected chi connectivity index (χ4v) is 1.65. The van der Waals surface area contributed by atoms with Gasteiger partial charge in [0, 0.05) is 6.42 Å². The van der Waals surface area contributed by atoms with Gasteiger partial charge in [-0.05, 0) is 43.7 Å². The predicted octanol–water partition coefficient (Wildman–Crippen LogP) is 1.39. The summed E-state index contributed by atoms with van der Waals surface area (Å²) in [6.07, 6.45) is 2.56. The fourth-order valence-electron chi connectivity index (χ4n) is 1.65. The number of hydrogen-bond donors (Lipinski definition) is 1. The maximum absolute atomic E-state index is 5.55. The van der Waals surface area contributed by atoms with Crippen molar-refractivity contribution in [2.24, 2.45) is 5.73 Å². The van der Waals surface area contributed by atoms with E-state index in [4.69, 9.17) is 5.73 Å². The molecule has 2 rings (SSSR count). The van der Waals surface area contributed by atoms with E-state index in [1.54, 1.807) is 6.20 Å². The van der Waals surface area contributed by atoms with Crippen LogP contribution >= 0.6 is 0 Å². The average Bonchev–Trinajstić information content (AvgIpc) is 2.71. The lowest BCUT2D eigenvalue weighted by Crippen LogP contribution is -2.09. The first-order chi connectivity index (χ1) is 7.72. The molecule has 0 bridgehead atoms. The van der Waals surface area contributed by atoms with Crippen LogP contribution < -0.4 is 5.73 Å². The largest absolute Gasteiger partial charge is 0.330 e. The summed E-state index contributed by atoms with van der Waals surface area (Å²) in [7, 11) is 0. The fraction of sp³-hybridized carbons (Fsp3) is 0.333. The van der Waals surface area contributed by atoms with Crippen LogP contribution in [0.1, 0.15) is 16.8 Å². The third kappa shape index (κ3) is 1.97. The Kier molecular flexibility index (Phi) is 3.01. The van der Waals surface area contributed by atoms with E-state index in [9.17, 15) is 0 Å². The highest BCUT2D eigenvalue weighted by atomic mass is 15.4. The Labute approximate surface area is 95.1 Å². The van der Waals surface area contributed by atoms with Gasteiger partial charge in [-0.15, -0.1) is 5.10 Å². The SMILES string of the molecule is Cc1ccc(-n2nncc2CCN)cc1C. The molecule has 0 unspecified atom stereocenters. The normalized spacial score (nSPS) is 10.7. The van der Waals surface area contributed by atoms with Crippen molar-refractivity contribution >= 4 is 0 Å². The first-order valence-electron chi connectivity index (χ1n) is 5.39. The third-order valence-electron chi connectivity index (χ3n) is 2.76. The van der Waals surface area contributed by atoms with E-state index in [2.05, 4.69) is 42.4 Å². The van der Waals surface area contributed by atoms with Crippen LogP contribution in [0.5, 0.6) is 0 Å². The second kappa shape index (κ2) is 4.45. The van der Waals surface area contributed by atoms with Gasteiger partial charge in [-0.2, -0.15) is 0 Å². The van der Waals surface area contributed by atoms with E-state index in [1.807, 2.05) is 4.68 Å². The summed E-state index contributed by atoms with van der Waals surface area (Å²) in [6.45, 7) is 4.80. The summed E-state index contributed by atoms with van der Waals surface area (Å²) in [5.74, 6) is 0. The molecule has 0 fully saturated rings. The molecule has 0 saturated carbocycles. The minimum absolute atomic E-state index is 0.609. The number of aromatic nitrogens is 3. The van der Waals surface area contributed by atoms with Gasteiger partial charge in [-0.25, -0.2) is 4.68 Å². The number of hydrogen-bond acceptors (Lipinski definition) is 3. The Bertz CT molecular complexity index is 488. The summed E-state index contributed by atoms with van der Waals surface area (Å²) < 4.78 is 1.85. The molecule has 0 aliphatic carbocycles. The van der Waals surface area contributed by atoms with Crippen molar-refractivity contribution in [2.75, 3.05) is 6.54 Å². The number of benzene rings is 1. The van der Waals surface area contributed by atoms with Crippen molar-refractivity contribution in [3.05, 3.63) is 41.2 Å². The average molecular weight is 216 g/mol. The molecule has 0 aliphatic heterocycles. The summed E-state index contributed by atoms with van der Waals surface area (Å²) >= 11 is 0. The molecule has 2 N–H and O–H groups in total. The lowest BCUT2D eigenvalue weighted by atomic mass is 10.1. The van der Waals surface area contributed by atoms with Gasteiger partial charge in [0.05, 0.1) is 17.6 Å². The van der Waals surface area contributed by atoms with E-state index >= 15 is 0 Å². The van der Waals surface area contributed by atoms with Gasteiger partial charge in [0.2, 0.25) is 0 Å². The Morgan fingerprint density at radius 2 is 2.06 bits per heavy atom. The highest BCUT2D eigenvalue weighted by Crippen LogP contribution is 2.14. The maximum Gasteiger partial charge on any atom is 0.0730 e. The van der Waals surface area contributed by atoms with Crippen molar-refractivity contribution in [2.45, 2.75) is 20.3 Å². The van der Waals surface area contributed by atoms with Crippen LogP contribution in [0.2, 0.25) is 0 Å². The molecule has 16 heavy (non-hydrogen) atoms. The minimum atomic E-state index is 0.609. The molecule has 0 saturated heterocycles. The molecule has 84 valence electrons. The molecule has 4 heteroatoms. The van der Waals surface area contributed by atoms with E-state index < -0.39 is 0 Å². The standard InChI is InChI=1S/C12H16N4/c1-9-3-4-11(7-10(9)2)16-12(5-6-13)8-14-15-16/h3-4,7-8H,5-6,13H2,1-2H3. The third-order valence-corrected chi connectivity index (χ3v) is 2.76. The van der Waals surface area contributed by atoms with Gasteiger partial charge in [-0.3, -0.25) is 0 Å². The monoisotopic (exact) mass is 216 g/mol. The molecule has 0 amide bonds. The Hall–Kier alpha value is -1.68. The molecule has 0 atom stereocenters. The number of aryl methyl sites for hydroxylation is 2. The van der Waals surface area contributed by atoms with E-state index in [0.717, 1.165) is 17.8 Å². The van der Waals surface area contributed by atoms with E-state index in [0.29, 0.717) is 6.54 Å².